The molecule has 5 heteroatoms. The van der Waals surface area contributed by atoms with Crippen molar-refractivity contribution in [1.82, 2.24) is 5.32 Å². The summed E-state index contributed by atoms with van der Waals surface area (Å²) in [6.07, 6.45) is 4.94. The summed E-state index contributed by atoms with van der Waals surface area (Å²) in [7, 11) is 0. The van der Waals surface area contributed by atoms with Crippen molar-refractivity contribution < 1.29 is 19.4 Å². The number of amides is 1. The molecule has 0 aromatic rings. The molecule has 19 heavy (non-hydrogen) atoms. The monoisotopic (exact) mass is 271 g/mol. The Hall–Kier alpha value is -1.10. The molecule has 1 rings (SSSR count). The minimum Gasteiger partial charge on any atom is -0.481 e. The minimum atomic E-state index is -0.809. The average molecular weight is 271 g/mol. The molecule has 5 nitrogen and oxygen atoms in total. The summed E-state index contributed by atoms with van der Waals surface area (Å²) in [5.41, 5.74) is 0. The zero-order chi connectivity index (χ0) is 14.3. The summed E-state index contributed by atoms with van der Waals surface area (Å²) in [5.74, 6) is -1.49. The summed E-state index contributed by atoms with van der Waals surface area (Å²) in [5, 5.41) is 12.2. The number of hydrogen-bond donors (Lipinski definition) is 2. The lowest BCUT2D eigenvalue weighted by atomic mass is 9.86. The SMILES string of the molecule is CCOC(C)C(=O)NC1CCCCCCC1C(=O)O. The van der Waals surface area contributed by atoms with Gasteiger partial charge in [0.1, 0.15) is 6.10 Å². The predicted molar refractivity (Wildman–Crippen MR) is 71.8 cm³/mol. The van der Waals surface area contributed by atoms with E-state index in [1.807, 2.05) is 6.92 Å². The van der Waals surface area contributed by atoms with Gasteiger partial charge in [0.25, 0.3) is 0 Å². The lowest BCUT2D eigenvalue weighted by Gasteiger charge is -2.28. The third-order valence-corrected chi connectivity index (χ3v) is 3.70. The second kappa shape index (κ2) is 8.15. The number of carboxylic acids is 1. The van der Waals surface area contributed by atoms with Crippen LogP contribution in [-0.2, 0) is 14.3 Å². The van der Waals surface area contributed by atoms with Gasteiger partial charge in [0.15, 0.2) is 0 Å². The second-order valence-corrected chi connectivity index (χ2v) is 5.15. The van der Waals surface area contributed by atoms with E-state index >= 15 is 0 Å². The smallest absolute Gasteiger partial charge is 0.308 e. The Balaban J connectivity index is 2.63. The van der Waals surface area contributed by atoms with E-state index in [0.717, 1.165) is 32.1 Å². The maximum Gasteiger partial charge on any atom is 0.308 e. The molecule has 1 amide bonds. The Bertz CT molecular complexity index is 306. The lowest BCUT2D eigenvalue weighted by Crippen LogP contribution is -2.47. The van der Waals surface area contributed by atoms with E-state index in [0.29, 0.717) is 13.0 Å². The van der Waals surface area contributed by atoms with Crippen LogP contribution in [0.4, 0.5) is 0 Å². The molecule has 2 N–H and O–H groups in total. The number of hydrogen-bond acceptors (Lipinski definition) is 3. The number of aliphatic carboxylic acids is 1. The molecule has 0 aromatic heterocycles. The van der Waals surface area contributed by atoms with Gasteiger partial charge < -0.3 is 15.2 Å². The number of carbonyl (C=O) groups excluding carboxylic acids is 1. The van der Waals surface area contributed by atoms with E-state index in [4.69, 9.17) is 4.74 Å². The maximum absolute atomic E-state index is 11.9. The van der Waals surface area contributed by atoms with Gasteiger partial charge in [-0.1, -0.05) is 25.7 Å². The fourth-order valence-corrected chi connectivity index (χ4v) is 2.58. The highest BCUT2D eigenvalue weighted by atomic mass is 16.5. The van der Waals surface area contributed by atoms with Crippen molar-refractivity contribution >= 4 is 11.9 Å². The predicted octanol–water partition coefficient (Wildman–Crippen LogP) is 1.95. The summed E-state index contributed by atoms with van der Waals surface area (Å²) in [6, 6.07) is -0.270. The molecule has 1 aliphatic rings. The molecule has 0 saturated heterocycles. The van der Waals surface area contributed by atoms with Crippen LogP contribution in [0.15, 0.2) is 0 Å². The third-order valence-electron chi connectivity index (χ3n) is 3.70. The van der Waals surface area contributed by atoms with Gasteiger partial charge in [-0.05, 0) is 26.7 Å². The Morgan fingerprint density at radius 1 is 1.26 bits per heavy atom. The summed E-state index contributed by atoms with van der Waals surface area (Å²) in [4.78, 5) is 23.3. The average Bonchev–Trinajstić information content (AvgIpc) is 2.32. The molecule has 0 aromatic carbocycles. The Labute approximate surface area is 114 Å². The highest BCUT2D eigenvalue weighted by molar-refractivity contribution is 5.81. The van der Waals surface area contributed by atoms with E-state index in [-0.39, 0.29) is 11.9 Å². The fourth-order valence-electron chi connectivity index (χ4n) is 2.58. The maximum atomic E-state index is 11.9. The number of carbonyl (C=O) groups is 2. The van der Waals surface area contributed by atoms with Gasteiger partial charge in [-0.2, -0.15) is 0 Å². The Morgan fingerprint density at radius 2 is 1.89 bits per heavy atom. The Morgan fingerprint density at radius 3 is 2.47 bits per heavy atom. The van der Waals surface area contributed by atoms with Gasteiger partial charge in [0.2, 0.25) is 5.91 Å². The standard InChI is InChI=1S/C14H25NO4/c1-3-19-10(2)13(16)15-12-9-7-5-4-6-8-11(12)14(17)18/h10-12H,3-9H2,1-2H3,(H,15,16)(H,17,18). The topological polar surface area (TPSA) is 75.6 Å². The number of nitrogens with one attached hydrogen (secondary N) is 1. The first-order valence-corrected chi connectivity index (χ1v) is 7.21. The van der Waals surface area contributed by atoms with Gasteiger partial charge >= 0.3 is 5.97 Å². The van der Waals surface area contributed by atoms with E-state index in [1.54, 1.807) is 6.92 Å². The van der Waals surface area contributed by atoms with Crippen molar-refractivity contribution in [2.75, 3.05) is 6.61 Å². The van der Waals surface area contributed by atoms with E-state index in [9.17, 15) is 14.7 Å². The highest BCUT2D eigenvalue weighted by Crippen LogP contribution is 2.23. The first kappa shape index (κ1) is 16.0. The van der Waals surface area contributed by atoms with Crippen molar-refractivity contribution in [1.29, 1.82) is 0 Å². The summed E-state index contributed by atoms with van der Waals surface area (Å²) in [6.45, 7) is 4.00. The van der Waals surface area contributed by atoms with Gasteiger partial charge in [-0.3, -0.25) is 9.59 Å². The number of carboxylic acid groups (broad SMARTS) is 1. The van der Waals surface area contributed by atoms with E-state index in [1.165, 1.54) is 0 Å². The van der Waals surface area contributed by atoms with Gasteiger partial charge in [-0.25, -0.2) is 0 Å². The zero-order valence-electron chi connectivity index (χ0n) is 11.9. The van der Waals surface area contributed by atoms with Crippen LogP contribution in [-0.4, -0.2) is 35.7 Å². The van der Waals surface area contributed by atoms with E-state index < -0.39 is 18.0 Å². The van der Waals surface area contributed by atoms with Crippen molar-refractivity contribution in [2.24, 2.45) is 5.92 Å². The molecule has 1 saturated carbocycles. The molecule has 0 bridgehead atoms. The van der Waals surface area contributed by atoms with Crippen molar-refractivity contribution in [3.8, 4) is 0 Å². The van der Waals surface area contributed by atoms with Gasteiger partial charge in [-0.15, -0.1) is 0 Å². The molecule has 1 aliphatic carbocycles. The van der Waals surface area contributed by atoms with Crippen LogP contribution in [0.25, 0.3) is 0 Å². The van der Waals surface area contributed by atoms with Crippen LogP contribution >= 0.6 is 0 Å². The van der Waals surface area contributed by atoms with Crippen molar-refractivity contribution in [3.05, 3.63) is 0 Å². The largest absolute Gasteiger partial charge is 0.481 e. The zero-order valence-corrected chi connectivity index (χ0v) is 11.9. The second-order valence-electron chi connectivity index (χ2n) is 5.15. The van der Waals surface area contributed by atoms with Crippen LogP contribution in [0.3, 0.4) is 0 Å². The van der Waals surface area contributed by atoms with Gasteiger partial charge in [0.05, 0.1) is 5.92 Å². The molecule has 0 aliphatic heterocycles. The quantitative estimate of drug-likeness (QED) is 0.801. The first-order chi connectivity index (χ1) is 9.06. The molecule has 110 valence electrons. The molecule has 3 unspecified atom stereocenters. The Kier molecular flexibility index (Phi) is 6.84. The first-order valence-electron chi connectivity index (χ1n) is 7.21. The number of ether oxygens (including phenoxy) is 1. The van der Waals surface area contributed by atoms with Crippen LogP contribution < -0.4 is 5.32 Å². The minimum absolute atomic E-state index is 0.210. The lowest BCUT2D eigenvalue weighted by molar-refractivity contribution is -0.144. The van der Waals surface area contributed by atoms with Crippen molar-refractivity contribution in [2.45, 2.75) is 64.5 Å². The molecular formula is C14H25NO4. The van der Waals surface area contributed by atoms with Crippen LogP contribution in [0.2, 0.25) is 0 Å². The molecule has 0 spiro atoms. The van der Waals surface area contributed by atoms with Crippen LogP contribution in [0.5, 0.6) is 0 Å². The molecule has 0 radical (unpaired) electrons. The van der Waals surface area contributed by atoms with Crippen LogP contribution in [0, 0.1) is 5.92 Å². The van der Waals surface area contributed by atoms with Crippen LogP contribution in [0.1, 0.15) is 52.4 Å². The van der Waals surface area contributed by atoms with E-state index in [2.05, 4.69) is 5.32 Å². The molecule has 0 heterocycles. The molecular weight excluding hydrogens is 246 g/mol. The fraction of sp³-hybridized carbons (Fsp3) is 0.857. The summed E-state index contributed by atoms with van der Waals surface area (Å²) >= 11 is 0. The molecule has 1 fully saturated rings. The summed E-state index contributed by atoms with van der Waals surface area (Å²) < 4.78 is 5.24. The third kappa shape index (κ3) is 5.19. The normalized spacial score (nSPS) is 26.0. The van der Waals surface area contributed by atoms with Crippen molar-refractivity contribution in [3.63, 3.8) is 0 Å². The highest BCUT2D eigenvalue weighted by Gasteiger charge is 2.30. The number of rotatable bonds is 5. The molecule has 3 atom stereocenters. The van der Waals surface area contributed by atoms with Gasteiger partial charge in [0, 0.05) is 12.6 Å².